The average Bonchev–Trinajstić information content (AvgIpc) is 3.00. The molecule has 1 atom stereocenters. The molecule has 0 radical (unpaired) electrons. The van der Waals surface area contributed by atoms with E-state index >= 15 is 0 Å². The highest BCUT2D eigenvalue weighted by Gasteiger charge is 2.28. The van der Waals surface area contributed by atoms with Crippen LogP contribution < -0.4 is 0 Å². The topological polar surface area (TPSA) is 84.0 Å². The van der Waals surface area contributed by atoms with Gasteiger partial charge in [-0.15, -0.1) is 0 Å². The van der Waals surface area contributed by atoms with Crippen LogP contribution in [0.4, 0.5) is 0 Å². The number of H-pyrrole nitrogens is 1. The minimum atomic E-state index is -0.288. The fourth-order valence-electron chi connectivity index (χ4n) is 2.43. The van der Waals surface area contributed by atoms with Gasteiger partial charge in [-0.25, -0.2) is 9.97 Å². The Labute approximate surface area is 122 Å². The summed E-state index contributed by atoms with van der Waals surface area (Å²) in [5, 5.41) is 6.50. The summed E-state index contributed by atoms with van der Waals surface area (Å²) in [5.74, 6) is 0.555. The first kappa shape index (κ1) is 13.7. The monoisotopic (exact) mass is 287 g/mol. The van der Waals surface area contributed by atoms with E-state index in [9.17, 15) is 4.79 Å². The van der Waals surface area contributed by atoms with Crippen LogP contribution in [0.25, 0.3) is 0 Å². The number of morpholine rings is 1. The van der Waals surface area contributed by atoms with Gasteiger partial charge in [-0.2, -0.15) is 5.10 Å². The lowest BCUT2D eigenvalue weighted by molar-refractivity contribution is -0.0271. The van der Waals surface area contributed by atoms with Gasteiger partial charge in [0.25, 0.3) is 5.91 Å². The van der Waals surface area contributed by atoms with Gasteiger partial charge in [-0.1, -0.05) is 0 Å². The molecule has 0 spiro atoms. The molecule has 0 aliphatic carbocycles. The third-order valence-electron chi connectivity index (χ3n) is 3.37. The van der Waals surface area contributed by atoms with Crippen molar-refractivity contribution in [2.45, 2.75) is 20.0 Å². The molecule has 0 aromatic carbocycles. The van der Waals surface area contributed by atoms with Gasteiger partial charge in [0.15, 0.2) is 5.82 Å². The Bertz CT molecular complexity index is 621. The highest BCUT2D eigenvalue weighted by Crippen LogP contribution is 2.20. The normalized spacial score (nSPS) is 18.8. The van der Waals surface area contributed by atoms with Gasteiger partial charge in [-0.3, -0.25) is 9.89 Å². The molecule has 3 rings (SSSR count). The van der Waals surface area contributed by atoms with Crippen molar-refractivity contribution in [3.8, 4) is 0 Å². The number of nitrogens with one attached hydrogen (secondary N) is 1. The van der Waals surface area contributed by atoms with Crippen LogP contribution >= 0.6 is 0 Å². The van der Waals surface area contributed by atoms with Crippen LogP contribution in [0, 0.1) is 13.8 Å². The maximum absolute atomic E-state index is 12.3. The Morgan fingerprint density at radius 3 is 2.81 bits per heavy atom. The summed E-state index contributed by atoms with van der Waals surface area (Å²) in [6.45, 7) is 5.32. The highest BCUT2D eigenvalue weighted by atomic mass is 16.5. The minimum absolute atomic E-state index is 0.0785. The van der Waals surface area contributed by atoms with E-state index in [1.165, 1.54) is 0 Å². The summed E-state index contributed by atoms with van der Waals surface area (Å²) >= 11 is 0. The first-order valence-electron chi connectivity index (χ1n) is 6.86. The third kappa shape index (κ3) is 2.92. The van der Waals surface area contributed by atoms with Crippen LogP contribution in [-0.4, -0.2) is 50.7 Å². The molecule has 1 N–H and O–H groups in total. The second-order valence-corrected chi connectivity index (χ2v) is 5.09. The zero-order valence-corrected chi connectivity index (χ0v) is 12.0. The Morgan fingerprint density at radius 1 is 1.38 bits per heavy atom. The van der Waals surface area contributed by atoms with Crippen LogP contribution in [0.3, 0.4) is 0 Å². The maximum atomic E-state index is 12.3. The standard InChI is InChI=1S/C14H17N5O2/c1-9-7-10(2)17-13(16-9)12-8-19(5-6-21-12)14(20)11-3-4-15-18-11/h3-4,7,12H,5-6,8H2,1-2H3,(H,15,18). The van der Waals surface area contributed by atoms with E-state index in [-0.39, 0.29) is 12.0 Å². The summed E-state index contributed by atoms with van der Waals surface area (Å²) in [6.07, 6.45) is 1.28. The number of aryl methyl sites for hydroxylation is 2. The number of hydrogen-bond acceptors (Lipinski definition) is 5. The van der Waals surface area contributed by atoms with Crippen molar-refractivity contribution in [2.24, 2.45) is 0 Å². The van der Waals surface area contributed by atoms with Crippen molar-refractivity contribution in [2.75, 3.05) is 19.7 Å². The SMILES string of the molecule is Cc1cc(C)nc(C2CN(C(=O)c3ccn[nH]3)CCO2)n1. The Kier molecular flexibility index (Phi) is 3.66. The summed E-state index contributed by atoms with van der Waals surface area (Å²) in [7, 11) is 0. The van der Waals surface area contributed by atoms with Gasteiger partial charge in [0, 0.05) is 24.1 Å². The summed E-state index contributed by atoms with van der Waals surface area (Å²) in [6, 6.07) is 3.58. The van der Waals surface area contributed by atoms with Gasteiger partial charge in [0.2, 0.25) is 0 Å². The van der Waals surface area contributed by atoms with Crippen molar-refractivity contribution in [1.29, 1.82) is 0 Å². The van der Waals surface area contributed by atoms with Crippen molar-refractivity contribution < 1.29 is 9.53 Å². The molecule has 3 heterocycles. The van der Waals surface area contributed by atoms with Crippen LogP contribution in [-0.2, 0) is 4.74 Å². The Hall–Kier alpha value is -2.28. The van der Waals surface area contributed by atoms with E-state index in [0.29, 0.717) is 31.2 Å². The summed E-state index contributed by atoms with van der Waals surface area (Å²) in [4.78, 5) is 22.9. The van der Waals surface area contributed by atoms with Crippen molar-refractivity contribution >= 4 is 5.91 Å². The molecule has 2 aromatic rings. The van der Waals surface area contributed by atoms with Gasteiger partial charge < -0.3 is 9.64 Å². The number of ether oxygens (including phenoxy) is 1. The number of rotatable bonds is 2. The predicted molar refractivity (Wildman–Crippen MR) is 74.7 cm³/mol. The second kappa shape index (κ2) is 5.61. The van der Waals surface area contributed by atoms with Crippen LogP contribution in [0.5, 0.6) is 0 Å². The van der Waals surface area contributed by atoms with E-state index in [4.69, 9.17) is 4.74 Å². The lowest BCUT2D eigenvalue weighted by Crippen LogP contribution is -2.42. The van der Waals surface area contributed by atoms with E-state index in [1.54, 1.807) is 17.2 Å². The lowest BCUT2D eigenvalue weighted by atomic mass is 10.2. The third-order valence-corrected chi connectivity index (χ3v) is 3.37. The molecule has 1 amide bonds. The first-order valence-corrected chi connectivity index (χ1v) is 6.86. The van der Waals surface area contributed by atoms with Gasteiger partial charge in [0.05, 0.1) is 13.2 Å². The molecular weight excluding hydrogens is 270 g/mol. The van der Waals surface area contributed by atoms with Crippen molar-refractivity contribution in [1.82, 2.24) is 25.1 Å². The van der Waals surface area contributed by atoms with E-state index in [0.717, 1.165) is 11.4 Å². The molecular formula is C14H17N5O2. The number of carbonyl (C=O) groups excluding carboxylic acids is 1. The number of amides is 1. The fraction of sp³-hybridized carbons (Fsp3) is 0.429. The fourth-order valence-corrected chi connectivity index (χ4v) is 2.43. The number of nitrogens with zero attached hydrogens (tertiary/aromatic N) is 4. The highest BCUT2D eigenvalue weighted by molar-refractivity contribution is 5.92. The summed E-state index contributed by atoms with van der Waals surface area (Å²) in [5.41, 5.74) is 2.29. The molecule has 110 valence electrons. The smallest absolute Gasteiger partial charge is 0.272 e. The second-order valence-electron chi connectivity index (χ2n) is 5.09. The van der Waals surface area contributed by atoms with Crippen LogP contribution in [0.15, 0.2) is 18.3 Å². The quantitative estimate of drug-likeness (QED) is 0.892. The van der Waals surface area contributed by atoms with Gasteiger partial charge in [-0.05, 0) is 26.0 Å². The minimum Gasteiger partial charge on any atom is -0.367 e. The Balaban J connectivity index is 1.78. The van der Waals surface area contributed by atoms with E-state index in [1.807, 2.05) is 19.9 Å². The largest absolute Gasteiger partial charge is 0.367 e. The molecule has 7 heteroatoms. The molecule has 1 aliphatic rings. The van der Waals surface area contributed by atoms with Gasteiger partial charge in [0.1, 0.15) is 11.8 Å². The molecule has 0 saturated carbocycles. The molecule has 2 aromatic heterocycles. The van der Waals surface area contributed by atoms with Gasteiger partial charge >= 0.3 is 0 Å². The average molecular weight is 287 g/mol. The molecule has 0 bridgehead atoms. The maximum Gasteiger partial charge on any atom is 0.272 e. The lowest BCUT2D eigenvalue weighted by Gasteiger charge is -2.32. The molecule has 7 nitrogen and oxygen atoms in total. The molecule has 21 heavy (non-hydrogen) atoms. The number of aromatic amines is 1. The number of hydrogen-bond donors (Lipinski definition) is 1. The zero-order chi connectivity index (χ0) is 14.8. The number of aromatic nitrogens is 4. The molecule has 1 fully saturated rings. The number of carbonyl (C=O) groups is 1. The predicted octanol–water partition coefficient (Wildman–Crippen LogP) is 1.03. The van der Waals surface area contributed by atoms with Crippen LogP contribution in [0.1, 0.15) is 33.8 Å². The first-order chi connectivity index (χ1) is 10.1. The summed E-state index contributed by atoms with van der Waals surface area (Å²) < 4.78 is 5.73. The zero-order valence-electron chi connectivity index (χ0n) is 12.0. The van der Waals surface area contributed by atoms with Crippen molar-refractivity contribution in [3.63, 3.8) is 0 Å². The Morgan fingerprint density at radius 2 is 2.14 bits per heavy atom. The van der Waals surface area contributed by atoms with E-state index in [2.05, 4.69) is 20.2 Å². The molecule has 1 saturated heterocycles. The molecule has 1 aliphatic heterocycles. The van der Waals surface area contributed by atoms with Crippen molar-refractivity contribution in [3.05, 3.63) is 41.2 Å². The van der Waals surface area contributed by atoms with Crippen LogP contribution in [0.2, 0.25) is 0 Å². The molecule has 1 unspecified atom stereocenters. The van der Waals surface area contributed by atoms with E-state index < -0.39 is 0 Å².